The van der Waals surface area contributed by atoms with Crippen LogP contribution in [0.5, 0.6) is 5.75 Å². The number of fused-ring (bicyclic) bond motifs is 1. The minimum absolute atomic E-state index is 0.138. The molecule has 0 saturated carbocycles. The first-order valence-corrected chi connectivity index (χ1v) is 4.92. The molecule has 0 aromatic heterocycles. The van der Waals surface area contributed by atoms with Gasteiger partial charge in [-0.1, -0.05) is 0 Å². The number of benzene rings is 1. The Hall–Kier alpha value is -2.37. The van der Waals surface area contributed by atoms with E-state index in [0.717, 1.165) is 0 Å². The molecule has 0 aliphatic carbocycles. The van der Waals surface area contributed by atoms with E-state index in [2.05, 4.69) is 0 Å². The Morgan fingerprint density at radius 3 is 2.94 bits per heavy atom. The summed E-state index contributed by atoms with van der Waals surface area (Å²) in [6.07, 6.45) is 0.655. The highest BCUT2D eigenvalue weighted by atomic mass is 16.5. The molecule has 1 aromatic carbocycles. The van der Waals surface area contributed by atoms with Gasteiger partial charge in [0.25, 0.3) is 5.91 Å². The first-order valence-electron chi connectivity index (χ1n) is 4.92. The molecule has 0 spiro atoms. The highest BCUT2D eigenvalue weighted by Crippen LogP contribution is 2.32. The van der Waals surface area contributed by atoms with Crippen molar-refractivity contribution in [1.82, 2.24) is 0 Å². The van der Waals surface area contributed by atoms with E-state index in [1.54, 1.807) is 12.1 Å². The Morgan fingerprint density at radius 2 is 2.29 bits per heavy atom. The minimum Gasteiger partial charge on any atom is -0.482 e. The normalized spacial score (nSPS) is 13.9. The van der Waals surface area contributed by atoms with Gasteiger partial charge in [0.1, 0.15) is 18.6 Å². The lowest BCUT2D eigenvalue weighted by atomic mass is 10.1. The number of rotatable bonds is 3. The minimum atomic E-state index is -0.622. The van der Waals surface area contributed by atoms with E-state index in [9.17, 15) is 14.4 Å². The molecule has 0 bridgehead atoms. The van der Waals surface area contributed by atoms with Gasteiger partial charge in [0.05, 0.1) is 5.69 Å². The molecule has 0 atom stereocenters. The number of nitrogens with two attached hydrogens (primary N) is 1. The zero-order valence-corrected chi connectivity index (χ0v) is 8.88. The van der Waals surface area contributed by atoms with E-state index in [-0.39, 0.29) is 19.1 Å². The number of carbonyl (C=O) groups excluding carboxylic acids is 3. The molecule has 1 heterocycles. The maximum Gasteiger partial charge on any atom is 0.265 e. The van der Waals surface area contributed by atoms with Crippen LogP contribution in [0.4, 0.5) is 5.69 Å². The number of carbonyl (C=O) groups is 3. The highest BCUT2D eigenvalue weighted by Gasteiger charge is 2.26. The second kappa shape index (κ2) is 4.25. The van der Waals surface area contributed by atoms with Crippen LogP contribution in [-0.2, 0) is 9.59 Å². The van der Waals surface area contributed by atoms with Crippen LogP contribution in [0.3, 0.4) is 0 Å². The zero-order valence-electron chi connectivity index (χ0n) is 8.88. The second-order valence-corrected chi connectivity index (χ2v) is 3.58. The van der Waals surface area contributed by atoms with Gasteiger partial charge in [0.2, 0.25) is 5.91 Å². The molecule has 2 amide bonds. The number of hydrogen-bond acceptors (Lipinski definition) is 4. The number of nitrogens with zero attached hydrogens (tertiary/aromatic N) is 1. The van der Waals surface area contributed by atoms with Crippen LogP contribution in [0, 0.1) is 0 Å². The maximum absolute atomic E-state index is 11.6. The highest BCUT2D eigenvalue weighted by molar-refractivity contribution is 6.02. The first-order chi connectivity index (χ1) is 8.11. The van der Waals surface area contributed by atoms with Crippen molar-refractivity contribution in [2.45, 2.75) is 0 Å². The van der Waals surface area contributed by atoms with Crippen molar-refractivity contribution < 1.29 is 19.1 Å². The molecule has 0 radical (unpaired) electrons. The summed E-state index contributed by atoms with van der Waals surface area (Å²) in [7, 11) is 0. The van der Waals surface area contributed by atoms with Gasteiger partial charge in [0.15, 0.2) is 6.61 Å². The number of primary amides is 1. The summed E-state index contributed by atoms with van der Waals surface area (Å²) < 4.78 is 5.19. The number of anilines is 1. The Balaban J connectivity index is 2.44. The zero-order chi connectivity index (χ0) is 12.4. The number of amides is 2. The summed E-state index contributed by atoms with van der Waals surface area (Å²) in [6, 6.07) is 4.64. The van der Waals surface area contributed by atoms with Crippen molar-refractivity contribution in [2.75, 3.05) is 18.1 Å². The van der Waals surface area contributed by atoms with Gasteiger partial charge >= 0.3 is 0 Å². The molecule has 6 nitrogen and oxygen atoms in total. The fourth-order valence-electron chi connectivity index (χ4n) is 1.62. The van der Waals surface area contributed by atoms with Crippen molar-refractivity contribution in [3.05, 3.63) is 23.8 Å². The summed E-state index contributed by atoms with van der Waals surface area (Å²) >= 11 is 0. The van der Waals surface area contributed by atoms with E-state index < -0.39 is 5.91 Å². The Bertz CT molecular complexity index is 498. The Labute approximate surface area is 96.9 Å². The van der Waals surface area contributed by atoms with E-state index >= 15 is 0 Å². The van der Waals surface area contributed by atoms with Crippen molar-refractivity contribution in [1.29, 1.82) is 0 Å². The fourth-order valence-corrected chi connectivity index (χ4v) is 1.62. The first kappa shape index (κ1) is 11.1. The molecular formula is C11H10N2O4. The Kier molecular flexibility index (Phi) is 2.78. The van der Waals surface area contributed by atoms with Gasteiger partial charge in [0, 0.05) is 5.56 Å². The third-order valence-corrected chi connectivity index (χ3v) is 2.38. The van der Waals surface area contributed by atoms with Gasteiger partial charge in [-0.3, -0.25) is 19.3 Å². The smallest absolute Gasteiger partial charge is 0.265 e. The molecule has 17 heavy (non-hydrogen) atoms. The molecule has 88 valence electrons. The van der Waals surface area contributed by atoms with Crippen molar-refractivity contribution in [3.63, 3.8) is 0 Å². The summed E-state index contributed by atoms with van der Waals surface area (Å²) in [4.78, 5) is 34.4. The van der Waals surface area contributed by atoms with Crippen LogP contribution >= 0.6 is 0 Å². The lowest BCUT2D eigenvalue weighted by Gasteiger charge is -2.28. The predicted octanol–water partition coefficient (Wildman–Crippen LogP) is -0.290. The molecule has 1 aliphatic heterocycles. The van der Waals surface area contributed by atoms with Crippen LogP contribution in [0.15, 0.2) is 18.2 Å². The van der Waals surface area contributed by atoms with Crippen LogP contribution in [0.1, 0.15) is 10.4 Å². The molecular weight excluding hydrogens is 224 g/mol. The van der Waals surface area contributed by atoms with Gasteiger partial charge in [-0.25, -0.2) is 0 Å². The molecule has 2 N–H and O–H groups in total. The summed E-state index contributed by atoms with van der Waals surface area (Å²) in [5.41, 5.74) is 5.86. The van der Waals surface area contributed by atoms with Crippen LogP contribution < -0.4 is 15.4 Å². The lowest BCUT2D eigenvalue weighted by Crippen LogP contribution is -2.43. The average Bonchev–Trinajstić information content (AvgIpc) is 2.32. The third kappa shape index (κ3) is 2.10. The molecule has 1 aliphatic rings. The monoisotopic (exact) mass is 234 g/mol. The predicted molar refractivity (Wildman–Crippen MR) is 58.9 cm³/mol. The Morgan fingerprint density at radius 1 is 1.53 bits per heavy atom. The van der Waals surface area contributed by atoms with Crippen LogP contribution in [-0.4, -0.2) is 31.3 Å². The average molecular weight is 234 g/mol. The van der Waals surface area contributed by atoms with Crippen molar-refractivity contribution in [2.24, 2.45) is 5.73 Å². The number of ether oxygens (including phenoxy) is 1. The van der Waals surface area contributed by atoms with E-state index in [4.69, 9.17) is 10.5 Å². The van der Waals surface area contributed by atoms with Gasteiger partial charge in [-0.15, -0.1) is 0 Å². The lowest BCUT2D eigenvalue weighted by molar-refractivity contribution is -0.124. The molecule has 0 saturated heterocycles. The van der Waals surface area contributed by atoms with Crippen LogP contribution in [0.2, 0.25) is 0 Å². The summed E-state index contributed by atoms with van der Waals surface area (Å²) in [5, 5.41) is 0. The van der Waals surface area contributed by atoms with E-state index in [1.807, 2.05) is 0 Å². The molecule has 6 heteroatoms. The van der Waals surface area contributed by atoms with Gasteiger partial charge in [-0.2, -0.15) is 0 Å². The van der Waals surface area contributed by atoms with Gasteiger partial charge < -0.3 is 10.5 Å². The van der Waals surface area contributed by atoms with E-state index in [0.29, 0.717) is 23.3 Å². The second-order valence-electron chi connectivity index (χ2n) is 3.58. The molecule has 1 aromatic rings. The standard InChI is InChI=1S/C11H10N2O4/c12-10(15)4-13-8-3-7(5-14)1-2-9(8)17-6-11(13)16/h1-3,5H,4,6H2,(H2,12,15). The summed E-state index contributed by atoms with van der Waals surface area (Å²) in [5.74, 6) is -0.529. The topological polar surface area (TPSA) is 89.7 Å². The summed E-state index contributed by atoms with van der Waals surface area (Å²) in [6.45, 7) is -0.363. The molecule has 0 fully saturated rings. The van der Waals surface area contributed by atoms with Crippen LogP contribution in [0.25, 0.3) is 0 Å². The maximum atomic E-state index is 11.6. The SMILES string of the molecule is NC(=O)CN1C(=O)COc2ccc(C=O)cc21. The molecule has 0 unspecified atom stereocenters. The largest absolute Gasteiger partial charge is 0.482 e. The van der Waals surface area contributed by atoms with Crippen molar-refractivity contribution >= 4 is 23.8 Å². The third-order valence-electron chi connectivity index (χ3n) is 2.38. The quantitative estimate of drug-likeness (QED) is 0.727. The molecule has 2 rings (SSSR count). The van der Waals surface area contributed by atoms with Crippen molar-refractivity contribution in [3.8, 4) is 5.75 Å². The number of hydrogen-bond donors (Lipinski definition) is 1. The number of aldehydes is 1. The van der Waals surface area contributed by atoms with E-state index in [1.165, 1.54) is 11.0 Å². The van der Waals surface area contributed by atoms with Gasteiger partial charge in [-0.05, 0) is 18.2 Å². The fraction of sp³-hybridized carbons (Fsp3) is 0.182.